The van der Waals surface area contributed by atoms with Gasteiger partial charge in [0.15, 0.2) is 6.10 Å². The minimum absolute atomic E-state index is 0.256. The highest BCUT2D eigenvalue weighted by atomic mass is 16.5. The van der Waals surface area contributed by atoms with E-state index in [0.717, 1.165) is 5.56 Å². The molecule has 1 heterocycles. The Morgan fingerprint density at radius 3 is 2.82 bits per heavy atom. The predicted octanol–water partition coefficient (Wildman–Crippen LogP) is 1.85. The first-order valence-corrected chi connectivity index (χ1v) is 3.36. The largest absolute Gasteiger partial charge is 0.465 e. The van der Waals surface area contributed by atoms with Crippen LogP contribution in [0, 0.1) is 6.10 Å². The zero-order valence-corrected chi connectivity index (χ0v) is 5.82. The van der Waals surface area contributed by atoms with E-state index in [1.807, 2.05) is 24.3 Å². The van der Waals surface area contributed by atoms with E-state index >= 15 is 0 Å². The number of rotatable bonds is 0. The van der Waals surface area contributed by atoms with Crippen molar-refractivity contribution in [3.05, 3.63) is 48.3 Å². The lowest BCUT2D eigenvalue weighted by Crippen LogP contribution is -2.02. The molecular formula is C9H7O2. The molecule has 0 atom stereocenters. The van der Waals surface area contributed by atoms with Gasteiger partial charge < -0.3 is 9.84 Å². The minimum Gasteiger partial charge on any atom is -0.465 e. The summed E-state index contributed by atoms with van der Waals surface area (Å²) in [5.41, 5.74) is 0.745. The summed E-state index contributed by atoms with van der Waals surface area (Å²) in [5.74, 6) is 0.701. The Labute approximate surface area is 64.7 Å². The van der Waals surface area contributed by atoms with Gasteiger partial charge in [-0.05, 0) is 12.1 Å². The van der Waals surface area contributed by atoms with Gasteiger partial charge in [0.2, 0.25) is 0 Å². The highest BCUT2D eigenvalue weighted by Crippen LogP contribution is 2.28. The first-order chi connectivity index (χ1) is 5.38. The Balaban J connectivity index is 2.50. The second-order valence-electron chi connectivity index (χ2n) is 2.30. The van der Waals surface area contributed by atoms with E-state index in [9.17, 15) is 5.11 Å². The lowest BCUT2D eigenvalue weighted by molar-refractivity contribution is 0.339. The molecule has 1 aliphatic rings. The van der Waals surface area contributed by atoms with Crippen LogP contribution in [-0.4, -0.2) is 5.11 Å². The van der Waals surface area contributed by atoms with E-state index in [1.54, 1.807) is 0 Å². The summed E-state index contributed by atoms with van der Waals surface area (Å²) in [6, 6.07) is 7.35. The standard InChI is InChI=1S/C9H7O2/c10-8-5-6-11-9-4-2-1-3-7(8)9/h1-6,10H. The lowest BCUT2D eigenvalue weighted by Gasteiger charge is -2.14. The van der Waals surface area contributed by atoms with Crippen LogP contribution in [0.2, 0.25) is 0 Å². The van der Waals surface area contributed by atoms with Crippen LogP contribution in [-0.2, 0) is 0 Å². The molecule has 0 aromatic heterocycles. The first kappa shape index (κ1) is 6.43. The number of aliphatic hydroxyl groups is 1. The summed E-state index contributed by atoms with van der Waals surface area (Å²) in [6.45, 7) is 0. The quantitative estimate of drug-likeness (QED) is 0.606. The van der Waals surface area contributed by atoms with Crippen LogP contribution in [0.3, 0.4) is 0 Å². The van der Waals surface area contributed by atoms with E-state index in [2.05, 4.69) is 0 Å². The molecule has 0 amide bonds. The Kier molecular flexibility index (Phi) is 1.40. The smallest absolute Gasteiger partial charge is 0.151 e. The van der Waals surface area contributed by atoms with Gasteiger partial charge in [0, 0.05) is 5.56 Å². The molecule has 1 aromatic carbocycles. The summed E-state index contributed by atoms with van der Waals surface area (Å²) < 4.78 is 5.13. The van der Waals surface area contributed by atoms with E-state index in [1.165, 1.54) is 12.3 Å². The van der Waals surface area contributed by atoms with Crippen molar-refractivity contribution < 1.29 is 9.84 Å². The predicted molar refractivity (Wildman–Crippen MR) is 40.5 cm³/mol. The number of ether oxygens (including phenoxy) is 1. The minimum atomic E-state index is 0.256. The number of hydrogen-bond acceptors (Lipinski definition) is 2. The fourth-order valence-electron chi connectivity index (χ4n) is 1.04. The number of aliphatic hydroxyl groups excluding tert-OH is 1. The molecule has 0 saturated carbocycles. The average molecular weight is 147 g/mol. The van der Waals surface area contributed by atoms with Crippen LogP contribution in [0.5, 0.6) is 5.75 Å². The van der Waals surface area contributed by atoms with Crippen LogP contribution in [0.4, 0.5) is 0 Å². The Hall–Kier alpha value is -1.28. The maximum absolute atomic E-state index is 9.31. The summed E-state index contributed by atoms with van der Waals surface area (Å²) in [7, 11) is 0. The molecule has 0 spiro atoms. The van der Waals surface area contributed by atoms with Crippen molar-refractivity contribution in [3.8, 4) is 5.75 Å². The maximum Gasteiger partial charge on any atom is 0.151 e. The fraction of sp³-hybridized carbons (Fsp3) is 0. The van der Waals surface area contributed by atoms with Crippen molar-refractivity contribution in [2.75, 3.05) is 0 Å². The molecule has 0 fully saturated rings. The topological polar surface area (TPSA) is 29.5 Å². The van der Waals surface area contributed by atoms with Crippen molar-refractivity contribution in [1.29, 1.82) is 0 Å². The molecule has 0 aliphatic carbocycles. The Morgan fingerprint density at radius 2 is 2.00 bits per heavy atom. The summed E-state index contributed by atoms with van der Waals surface area (Å²) >= 11 is 0. The third-order valence-corrected chi connectivity index (χ3v) is 1.58. The number of hydrogen-bond donors (Lipinski definition) is 1. The van der Waals surface area contributed by atoms with Crippen molar-refractivity contribution >= 4 is 0 Å². The second kappa shape index (κ2) is 2.40. The summed E-state index contributed by atoms with van der Waals surface area (Å²) in [6.07, 6.45) is 3.26. The van der Waals surface area contributed by atoms with E-state index in [0.29, 0.717) is 5.75 Å². The highest BCUT2D eigenvalue weighted by Gasteiger charge is 2.14. The maximum atomic E-state index is 9.31. The molecule has 2 heteroatoms. The van der Waals surface area contributed by atoms with Gasteiger partial charge in [0.25, 0.3) is 0 Å². The molecular weight excluding hydrogens is 140 g/mol. The van der Waals surface area contributed by atoms with Crippen molar-refractivity contribution in [1.82, 2.24) is 0 Å². The molecule has 2 rings (SSSR count). The van der Waals surface area contributed by atoms with Gasteiger partial charge in [0.05, 0.1) is 6.26 Å². The Morgan fingerprint density at radius 1 is 1.18 bits per heavy atom. The number of para-hydroxylation sites is 1. The van der Waals surface area contributed by atoms with Crippen LogP contribution >= 0.6 is 0 Å². The average Bonchev–Trinajstić information content (AvgIpc) is 2.06. The molecule has 1 aromatic rings. The molecule has 0 bridgehead atoms. The van der Waals surface area contributed by atoms with Crippen LogP contribution in [0.1, 0.15) is 5.56 Å². The lowest BCUT2D eigenvalue weighted by atomic mass is 10.1. The van der Waals surface area contributed by atoms with Gasteiger partial charge >= 0.3 is 0 Å². The van der Waals surface area contributed by atoms with Crippen molar-refractivity contribution in [2.24, 2.45) is 0 Å². The first-order valence-electron chi connectivity index (χ1n) is 3.36. The second-order valence-corrected chi connectivity index (χ2v) is 2.30. The number of fused-ring (bicyclic) bond motifs is 1. The summed E-state index contributed by atoms with van der Waals surface area (Å²) in [4.78, 5) is 0. The van der Waals surface area contributed by atoms with Gasteiger partial charge in [-0.1, -0.05) is 18.2 Å². The molecule has 1 radical (unpaired) electrons. The monoisotopic (exact) mass is 147 g/mol. The van der Waals surface area contributed by atoms with Gasteiger partial charge in [-0.2, -0.15) is 0 Å². The molecule has 0 saturated heterocycles. The molecule has 55 valence electrons. The summed E-state index contributed by atoms with van der Waals surface area (Å²) in [5, 5.41) is 9.31. The van der Waals surface area contributed by atoms with E-state index in [4.69, 9.17) is 4.74 Å². The third-order valence-electron chi connectivity index (χ3n) is 1.58. The van der Waals surface area contributed by atoms with Crippen LogP contribution < -0.4 is 4.74 Å². The SMILES string of the molecule is O[C]1C=COc2ccccc21. The zero-order chi connectivity index (χ0) is 7.68. The zero-order valence-electron chi connectivity index (χ0n) is 5.82. The van der Waals surface area contributed by atoms with Gasteiger partial charge in [-0.15, -0.1) is 0 Å². The van der Waals surface area contributed by atoms with Crippen LogP contribution in [0.15, 0.2) is 36.6 Å². The van der Waals surface area contributed by atoms with Gasteiger partial charge in [-0.3, -0.25) is 0 Å². The van der Waals surface area contributed by atoms with Gasteiger partial charge in [-0.25, -0.2) is 0 Å². The van der Waals surface area contributed by atoms with Crippen molar-refractivity contribution in [3.63, 3.8) is 0 Å². The third kappa shape index (κ3) is 1.01. The molecule has 2 nitrogen and oxygen atoms in total. The molecule has 1 aliphatic heterocycles. The van der Waals surface area contributed by atoms with E-state index < -0.39 is 0 Å². The number of benzene rings is 1. The molecule has 11 heavy (non-hydrogen) atoms. The Bertz CT molecular complexity index is 291. The molecule has 1 N–H and O–H groups in total. The highest BCUT2D eigenvalue weighted by molar-refractivity contribution is 5.46. The van der Waals surface area contributed by atoms with Crippen molar-refractivity contribution in [2.45, 2.75) is 0 Å². The van der Waals surface area contributed by atoms with Gasteiger partial charge in [0.1, 0.15) is 5.75 Å². The normalized spacial score (nSPS) is 15.7. The fourth-order valence-corrected chi connectivity index (χ4v) is 1.04. The molecule has 0 unspecified atom stereocenters. The van der Waals surface area contributed by atoms with E-state index in [-0.39, 0.29) is 6.10 Å². The van der Waals surface area contributed by atoms with Crippen LogP contribution in [0.25, 0.3) is 0 Å².